The lowest BCUT2D eigenvalue weighted by molar-refractivity contribution is -0.229. The van der Waals surface area contributed by atoms with Crippen LogP contribution in [0.1, 0.15) is 13.8 Å². The third-order valence-corrected chi connectivity index (χ3v) is 2.69. The minimum atomic E-state index is -0.611. The normalized spacial score (nSPS) is 43.2. The van der Waals surface area contributed by atoms with Crippen molar-refractivity contribution in [2.75, 3.05) is 13.7 Å². The van der Waals surface area contributed by atoms with E-state index in [1.54, 1.807) is 7.11 Å². The summed E-state index contributed by atoms with van der Waals surface area (Å²) in [5.74, 6) is -0.611. The quantitative estimate of drug-likeness (QED) is 0.736. The molecular weight excluding hydrogens is 224 g/mol. The van der Waals surface area contributed by atoms with E-state index in [2.05, 4.69) is 4.29 Å². The van der Waals surface area contributed by atoms with Gasteiger partial charge in [0.25, 0.3) is 0 Å². The van der Waals surface area contributed by atoms with Crippen LogP contribution < -0.4 is 0 Å². The molecule has 0 aromatic heterocycles. The summed E-state index contributed by atoms with van der Waals surface area (Å²) in [4.78, 5) is 0. The molecule has 2 rings (SSSR count). The Balaban J connectivity index is 2.08. The molecule has 2 aliphatic rings. The van der Waals surface area contributed by atoms with Gasteiger partial charge in [-0.05, 0) is 13.8 Å². The fraction of sp³-hybridized carbons (Fsp3) is 1.00. The number of hydrogen-bond acceptors (Lipinski definition) is 5. The highest BCUT2D eigenvalue weighted by molar-refractivity contribution is 6.07. The predicted octanol–water partition coefficient (Wildman–Crippen LogP) is 1.05. The van der Waals surface area contributed by atoms with Crippen LogP contribution >= 0.6 is 11.9 Å². The molecule has 6 heteroatoms. The zero-order valence-corrected chi connectivity index (χ0v) is 9.69. The second-order valence-electron chi connectivity index (χ2n) is 4.12. The second kappa shape index (κ2) is 4.16. The van der Waals surface area contributed by atoms with Crippen LogP contribution in [-0.2, 0) is 23.2 Å². The molecule has 5 nitrogen and oxygen atoms in total. The summed E-state index contributed by atoms with van der Waals surface area (Å²) in [6.45, 7) is 3.97. The van der Waals surface area contributed by atoms with Crippen molar-refractivity contribution in [1.82, 2.24) is 0 Å². The van der Waals surface area contributed by atoms with Gasteiger partial charge in [0.1, 0.15) is 18.3 Å². The first-order valence-corrected chi connectivity index (χ1v) is 5.15. The van der Waals surface area contributed by atoms with Crippen molar-refractivity contribution < 1.29 is 23.2 Å². The highest BCUT2D eigenvalue weighted by atomic mass is 35.5. The Morgan fingerprint density at radius 3 is 2.53 bits per heavy atom. The molecule has 88 valence electrons. The number of ether oxygens (including phenoxy) is 4. The fourth-order valence-corrected chi connectivity index (χ4v) is 2.15. The molecule has 15 heavy (non-hydrogen) atoms. The second-order valence-corrected chi connectivity index (χ2v) is 4.34. The number of methoxy groups -OCH3 is 1. The summed E-state index contributed by atoms with van der Waals surface area (Å²) in [7, 11) is 1.57. The Hall–Kier alpha value is 0.0900. The molecule has 0 saturated carbocycles. The first kappa shape index (κ1) is 11.6. The van der Waals surface area contributed by atoms with Crippen molar-refractivity contribution in [3.63, 3.8) is 0 Å². The maximum absolute atomic E-state index is 5.70. The van der Waals surface area contributed by atoms with Crippen LogP contribution in [0.25, 0.3) is 0 Å². The summed E-state index contributed by atoms with van der Waals surface area (Å²) in [6.07, 6.45) is -1.08. The first-order valence-electron chi connectivity index (χ1n) is 4.85. The van der Waals surface area contributed by atoms with Crippen LogP contribution in [0.15, 0.2) is 0 Å². The lowest BCUT2D eigenvalue weighted by Gasteiger charge is -2.22. The zero-order valence-electron chi connectivity index (χ0n) is 8.94. The van der Waals surface area contributed by atoms with Crippen molar-refractivity contribution >= 4 is 11.9 Å². The molecule has 2 aliphatic heterocycles. The molecule has 2 saturated heterocycles. The zero-order chi connectivity index (χ0) is 11.1. The molecule has 0 aliphatic carbocycles. The highest BCUT2D eigenvalue weighted by Gasteiger charge is 2.55. The van der Waals surface area contributed by atoms with E-state index in [1.165, 1.54) is 0 Å². The summed E-state index contributed by atoms with van der Waals surface area (Å²) in [5, 5.41) is 0. The van der Waals surface area contributed by atoms with Crippen molar-refractivity contribution in [3.05, 3.63) is 0 Å². The van der Waals surface area contributed by atoms with E-state index in [0.29, 0.717) is 0 Å². The van der Waals surface area contributed by atoms with Gasteiger partial charge in [-0.1, -0.05) is 0 Å². The predicted molar refractivity (Wildman–Crippen MR) is 51.3 cm³/mol. The summed E-state index contributed by atoms with van der Waals surface area (Å²) >= 11 is 5.22. The molecule has 0 spiro atoms. The van der Waals surface area contributed by atoms with E-state index in [-0.39, 0.29) is 24.9 Å². The van der Waals surface area contributed by atoms with Crippen molar-refractivity contribution in [2.24, 2.45) is 0 Å². The summed E-state index contributed by atoms with van der Waals surface area (Å²) in [6, 6.07) is 0. The standard InChI is InChI=1S/C9H15ClO5/c1-9(2)14-6-5(4-12-10)13-8(11-3)7(6)15-9/h5-8H,4H2,1-3H3/t5-,6-,7-,8-/m0/s1. The van der Waals surface area contributed by atoms with Gasteiger partial charge in [0, 0.05) is 7.11 Å². The van der Waals surface area contributed by atoms with Crippen molar-refractivity contribution in [3.8, 4) is 0 Å². The Bertz CT molecular complexity index is 235. The van der Waals surface area contributed by atoms with Crippen molar-refractivity contribution in [1.29, 1.82) is 0 Å². The average molecular weight is 239 g/mol. The molecule has 0 N–H and O–H groups in total. The van der Waals surface area contributed by atoms with Crippen LogP contribution in [0.4, 0.5) is 0 Å². The maximum atomic E-state index is 5.70. The van der Waals surface area contributed by atoms with E-state index in [9.17, 15) is 0 Å². The molecule has 0 amide bonds. The van der Waals surface area contributed by atoms with Gasteiger partial charge in [0.15, 0.2) is 12.1 Å². The van der Waals surface area contributed by atoms with E-state index in [0.717, 1.165) is 0 Å². The van der Waals surface area contributed by atoms with Gasteiger partial charge in [0.05, 0.1) is 18.5 Å². The van der Waals surface area contributed by atoms with Crippen LogP contribution in [0, 0.1) is 0 Å². The minimum absolute atomic E-state index is 0.191. The smallest absolute Gasteiger partial charge is 0.186 e. The topological polar surface area (TPSA) is 46.2 Å². The van der Waals surface area contributed by atoms with E-state index < -0.39 is 12.1 Å². The highest BCUT2D eigenvalue weighted by Crippen LogP contribution is 2.38. The molecule has 0 radical (unpaired) electrons. The Kier molecular flexibility index (Phi) is 3.21. The van der Waals surface area contributed by atoms with E-state index in [1.807, 2.05) is 13.8 Å². The van der Waals surface area contributed by atoms with Crippen LogP contribution in [0.3, 0.4) is 0 Å². The number of halogens is 1. The van der Waals surface area contributed by atoms with E-state index in [4.69, 9.17) is 30.8 Å². The van der Waals surface area contributed by atoms with Gasteiger partial charge >= 0.3 is 0 Å². The average Bonchev–Trinajstić information content (AvgIpc) is 2.61. The minimum Gasteiger partial charge on any atom is -0.353 e. The van der Waals surface area contributed by atoms with Gasteiger partial charge < -0.3 is 18.9 Å². The Labute approximate surface area is 93.7 Å². The van der Waals surface area contributed by atoms with E-state index >= 15 is 0 Å². The largest absolute Gasteiger partial charge is 0.353 e. The van der Waals surface area contributed by atoms with Gasteiger partial charge in [-0.15, -0.1) is 0 Å². The lowest BCUT2D eigenvalue weighted by atomic mass is 10.1. The molecule has 0 bridgehead atoms. The van der Waals surface area contributed by atoms with Crippen LogP contribution in [-0.4, -0.2) is 44.1 Å². The van der Waals surface area contributed by atoms with Crippen LogP contribution in [0.2, 0.25) is 0 Å². The lowest BCUT2D eigenvalue weighted by Crippen LogP contribution is -2.32. The maximum Gasteiger partial charge on any atom is 0.186 e. The van der Waals surface area contributed by atoms with Gasteiger partial charge in [-0.2, -0.15) is 0 Å². The summed E-state index contributed by atoms with van der Waals surface area (Å²) < 4.78 is 26.6. The van der Waals surface area contributed by atoms with Gasteiger partial charge in [0.2, 0.25) is 0 Å². The third kappa shape index (κ3) is 2.13. The number of hydrogen-bond donors (Lipinski definition) is 0. The van der Waals surface area contributed by atoms with Gasteiger partial charge in [-0.25, -0.2) is 0 Å². The molecule has 4 atom stereocenters. The molecule has 2 fully saturated rings. The Morgan fingerprint density at radius 2 is 1.93 bits per heavy atom. The molecule has 0 unspecified atom stereocenters. The SMILES string of the molecule is CO[C@H]1O[C@@H](COCl)[C@@H]2OC(C)(C)O[C@H]12. The molecule has 0 aromatic carbocycles. The molecular formula is C9H15ClO5. The third-order valence-electron chi connectivity index (χ3n) is 2.57. The Morgan fingerprint density at radius 1 is 1.27 bits per heavy atom. The number of rotatable bonds is 3. The van der Waals surface area contributed by atoms with Crippen LogP contribution in [0.5, 0.6) is 0 Å². The fourth-order valence-electron chi connectivity index (χ4n) is 2.03. The first-order chi connectivity index (χ1) is 7.07. The molecule has 0 aromatic rings. The van der Waals surface area contributed by atoms with Crippen molar-refractivity contribution in [2.45, 2.75) is 44.2 Å². The number of fused-ring (bicyclic) bond motifs is 1. The molecule has 2 heterocycles. The van der Waals surface area contributed by atoms with Gasteiger partial charge in [-0.3, -0.25) is 4.29 Å². The summed E-state index contributed by atoms with van der Waals surface area (Å²) in [5.41, 5.74) is 0. The monoisotopic (exact) mass is 238 g/mol.